The van der Waals surface area contributed by atoms with E-state index in [0.29, 0.717) is 24.7 Å². The molecule has 1 unspecified atom stereocenters. The van der Waals surface area contributed by atoms with Gasteiger partial charge in [-0.15, -0.1) is 0 Å². The maximum absolute atomic E-state index is 13.9. The first kappa shape index (κ1) is 22.4. The van der Waals surface area contributed by atoms with E-state index < -0.39 is 41.4 Å². The number of likely N-dealkylation sites (tertiary alicyclic amines) is 1. The van der Waals surface area contributed by atoms with E-state index in [0.717, 1.165) is 12.1 Å². The van der Waals surface area contributed by atoms with Gasteiger partial charge in [0.15, 0.2) is 11.9 Å². The molecule has 1 saturated heterocycles. The van der Waals surface area contributed by atoms with Crippen LogP contribution in [0.3, 0.4) is 0 Å². The van der Waals surface area contributed by atoms with E-state index in [1.807, 2.05) is 0 Å². The molecule has 31 heavy (non-hydrogen) atoms. The maximum Gasteiger partial charge on any atom is 0.309 e. The zero-order valence-corrected chi connectivity index (χ0v) is 17.2. The van der Waals surface area contributed by atoms with E-state index in [1.54, 1.807) is 19.9 Å². The molecular weight excluding hydrogens is 412 g/mol. The van der Waals surface area contributed by atoms with E-state index in [-0.39, 0.29) is 30.9 Å². The van der Waals surface area contributed by atoms with Gasteiger partial charge in [-0.1, -0.05) is 12.1 Å². The molecule has 0 aliphatic carbocycles. The van der Waals surface area contributed by atoms with Crippen molar-refractivity contribution in [2.45, 2.75) is 39.2 Å². The normalized spacial score (nSPS) is 15.4. The molecule has 8 nitrogen and oxygen atoms in total. The van der Waals surface area contributed by atoms with Crippen LogP contribution in [0.15, 0.2) is 28.8 Å². The summed E-state index contributed by atoms with van der Waals surface area (Å²) >= 11 is 0. The van der Waals surface area contributed by atoms with Gasteiger partial charge in [-0.25, -0.2) is 8.78 Å². The van der Waals surface area contributed by atoms with Gasteiger partial charge in [0.05, 0.1) is 11.5 Å². The molecule has 1 aliphatic heterocycles. The summed E-state index contributed by atoms with van der Waals surface area (Å²) < 4.78 is 37.2. The number of halogens is 2. The molecular formula is C21H23F2N3O5. The highest BCUT2D eigenvalue weighted by atomic mass is 19.1. The highest BCUT2D eigenvalue weighted by molar-refractivity contribution is 5.95. The number of aryl methyl sites for hydroxylation is 1. The molecule has 3 rings (SSSR count). The Balaban J connectivity index is 1.53. The Hall–Kier alpha value is -3.30. The van der Waals surface area contributed by atoms with Crippen molar-refractivity contribution in [1.82, 2.24) is 10.1 Å². The predicted molar refractivity (Wildman–Crippen MR) is 105 cm³/mol. The lowest BCUT2D eigenvalue weighted by Gasteiger charge is -2.31. The number of nitrogens with zero attached hydrogens (tertiary/aromatic N) is 2. The number of nitrogens with one attached hydrogen (secondary N) is 1. The molecule has 1 N–H and O–H groups in total. The quantitative estimate of drug-likeness (QED) is 0.700. The molecule has 2 heterocycles. The molecule has 1 fully saturated rings. The number of anilines is 1. The number of rotatable bonds is 6. The van der Waals surface area contributed by atoms with Gasteiger partial charge < -0.3 is 19.5 Å². The fourth-order valence-corrected chi connectivity index (χ4v) is 3.34. The average Bonchev–Trinajstić information content (AvgIpc) is 3.15. The summed E-state index contributed by atoms with van der Waals surface area (Å²) in [5, 5.41) is 6.21. The predicted octanol–water partition coefficient (Wildman–Crippen LogP) is 3.07. The van der Waals surface area contributed by atoms with Gasteiger partial charge in [0.2, 0.25) is 0 Å². The lowest BCUT2D eigenvalue weighted by molar-refractivity contribution is -0.159. The number of amides is 2. The van der Waals surface area contributed by atoms with Crippen molar-refractivity contribution < 1.29 is 32.4 Å². The molecule has 0 radical (unpaired) electrons. The molecule has 0 spiro atoms. The fraction of sp³-hybridized carbons (Fsp3) is 0.429. The van der Waals surface area contributed by atoms with Crippen molar-refractivity contribution in [2.24, 2.45) is 5.92 Å². The first-order chi connectivity index (χ1) is 14.8. The minimum absolute atomic E-state index is 0.215. The third kappa shape index (κ3) is 5.44. The zero-order chi connectivity index (χ0) is 22.5. The zero-order valence-electron chi connectivity index (χ0n) is 17.2. The lowest BCUT2D eigenvalue weighted by atomic mass is 9.96. The standard InChI is InChI=1S/C21H23F2N3O5/c1-3-17(19(27)24-18-10-12(2)31-25-18)30-21(29)13-6-8-26(9-7-13)20(28)15-5-4-14(22)11-16(15)23/h4-5,10-11,13,17H,3,6-9H2,1-2H3,(H,24,25,27). The fourth-order valence-electron chi connectivity index (χ4n) is 3.34. The van der Waals surface area contributed by atoms with Crippen LogP contribution in [0.25, 0.3) is 0 Å². The first-order valence-corrected chi connectivity index (χ1v) is 9.97. The summed E-state index contributed by atoms with van der Waals surface area (Å²) in [5.74, 6) is -3.01. The third-order valence-electron chi connectivity index (χ3n) is 5.08. The topological polar surface area (TPSA) is 102 Å². The Morgan fingerprint density at radius 1 is 1.26 bits per heavy atom. The second-order valence-corrected chi connectivity index (χ2v) is 7.34. The summed E-state index contributed by atoms with van der Waals surface area (Å²) in [6, 6.07) is 4.34. The maximum atomic E-state index is 13.9. The van der Waals surface area contributed by atoms with Gasteiger partial charge in [-0.2, -0.15) is 0 Å². The van der Waals surface area contributed by atoms with Crippen molar-refractivity contribution in [3.63, 3.8) is 0 Å². The van der Waals surface area contributed by atoms with Crippen LogP contribution in [0.1, 0.15) is 42.3 Å². The van der Waals surface area contributed by atoms with Crippen LogP contribution < -0.4 is 5.32 Å². The molecule has 1 aromatic carbocycles. The van der Waals surface area contributed by atoms with Gasteiger partial charge in [0.1, 0.15) is 17.4 Å². The average molecular weight is 435 g/mol. The largest absolute Gasteiger partial charge is 0.452 e. The number of hydrogen-bond acceptors (Lipinski definition) is 6. The van der Waals surface area contributed by atoms with Crippen LogP contribution >= 0.6 is 0 Å². The SMILES string of the molecule is CCC(OC(=O)C1CCN(C(=O)c2ccc(F)cc2F)CC1)C(=O)Nc1cc(C)on1. The van der Waals surface area contributed by atoms with Crippen molar-refractivity contribution in [1.29, 1.82) is 0 Å². The van der Waals surface area contributed by atoms with Crippen molar-refractivity contribution in [2.75, 3.05) is 18.4 Å². The molecule has 0 bridgehead atoms. The molecule has 1 aromatic heterocycles. The summed E-state index contributed by atoms with van der Waals surface area (Å²) in [5.41, 5.74) is -0.215. The van der Waals surface area contributed by atoms with Crippen molar-refractivity contribution in [3.8, 4) is 0 Å². The van der Waals surface area contributed by atoms with E-state index in [9.17, 15) is 23.2 Å². The van der Waals surface area contributed by atoms with Gasteiger partial charge >= 0.3 is 5.97 Å². The van der Waals surface area contributed by atoms with Gasteiger partial charge in [0, 0.05) is 25.2 Å². The van der Waals surface area contributed by atoms with Crippen LogP contribution in [0.4, 0.5) is 14.6 Å². The van der Waals surface area contributed by atoms with Crippen molar-refractivity contribution in [3.05, 3.63) is 47.2 Å². The highest BCUT2D eigenvalue weighted by Gasteiger charge is 2.32. The Morgan fingerprint density at radius 3 is 2.55 bits per heavy atom. The minimum atomic E-state index is -0.988. The summed E-state index contributed by atoms with van der Waals surface area (Å²) in [7, 11) is 0. The second kappa shape index (κ2) is 9.67. The number of hydrogen-bond donors (Lipinski definition) is 1. The molecule has 2 amide bonds. The number of esters is 1. The number of ether oxygens (including phenoxy) is 1. The molecule has 1 atom stereocenters. The van der Waals surface area contributed by atoms with E-state index in [2.05, 4.69) is 10.5 Å². The Bertz CT molecular complexity index is 970. The van der Waals surface area contributed by atoms with Crippen LogP contribution in [0.2, 0.25) is 0 Å². The smallest absolute Gasteiger partial charge is 0.309 e. The van der Waals surface area contributed by atoms with Gasteiger partial charge in [-0.3, -0.25) is 14.4 Å². The third-order valence-corrected chi connectivity index (χ3v) is 5.08. The summed E-state index contributed by atoms with van der Waals surface area (Å²) in [6.07, 6.45) is -0.0882. The molecule has 10 heteroatoms. The molecule has 166 valence electrons. The Morgan fingerprint density at radius 2 is 1.97 bits per heavy atom. The Kier molecular flexibility index (Phi) is 6.98. The first-order valence-electron chi connectivity index (χ1n) is 9.97. The van der Waals surface area contributed by atoms with E-state index in [4.69, 9.17) is 9.26 Å². The Labute approximate surface area is 177 Å². The van der Waals surface area contributed by atoms with Crippen LogP contribution in [-0.2, 0) is 14.3 Å². The minimum Gasteiger partial charge on any atom is -0.452 e. The number of piperidine rings is 1. The van der Waals surface area contributed by atoms with Crippen LogP contribution in [-0.4, -0.2) is 47.0 Å². The van der Waals surface area contributed by atoms with Crippen LogP contribution in [0.5, 0.6) is 0 Å². The monoisotopic (exact) mass is 435 g/mol. The molecule has 2 aromatic rings. The van der Waals surface area contributed by atoms with Gasteiger partial charge in [-0.05, 0) is 38.3 Å². The van der Waals surface area contributed by atoms with Gasteiger partial charge in [0.25, 0.3) is 11.8 Å². The van der Waals surface area contributed by atoms with Crippen molar-refractivity contribution >= 4 is 23.6 Å². The highest BCUT2D eigenvalue weighted by Crippen LogP contribution is 2.22. The molecule has 1 aliphatic rings. The van der Waals surface area contributed by atoms with E-state index in [1.165, 1.54) is 4.90 Å². The second-order valence-electron chi connectivity index (χ2n) is 7.34. The number of aromatic nitrogens is 1. The molecule has 0 saturated carbocycles. The lowest BCUT2D eigenvalue weighted by Crippen LogP contribution is -2.42. The summed E-state index contributed by atoms with van der Waals surface area (Å²) in [6.45, 7) is 3.83. The number of benzene rings is 1. The number of carbonyl (C=O) groups is 3. The van der Waals surface area contributed by atoms with E-state index >= 15 is 0 Å². The van der Waals surface area contributed by atoms with Crippen LogP contribution in [0, 0.1) is 24.5 Å². The number of carbonyl (C=O) groups excluding carboxylic acids is 3. The summed E-state index contributed by atoms with van der Waals surface area (Å²) in [4.78, 5) is 38.8.